The van der Waals surface area contributed by atoms with Crippen LogP contribution in [0, 0.1) is 0 Å². The Labute approximate surface area is 118 Å². The molecular formula is C15H20N2O3. The molecule has 5 nitrogen and oxygen atoms in total. The van der Waals surface area contributed by atoms with Gasteiger partial charge in [0.05, 0.1) is 30.9 Å². The van der Waals surface area contributed by atoms with Crippen molar-refractivity contribution < 1.29 is 14.2 Å². The minimum atomic E-state index is 0.695. The zero-order chi connectivity index (χ0) is 13.8. The molecule has 0 radical (unpaired) electrons. The Morgan fingerprint density at radius 1 is 1.20 bits per heavy atom. The molecule has 0 amide bonds. The van der Waals surface area contributed by atoms with Crippen molar-refractivity contribution in [2.75, 3.05) is 26.4 Å². The zero-order valence-electron chi connectivity index (χ0n) is 11.8. The van der Waals surface area contributed by atoms with E-state index < -0.39 is 0 Å². The van der Waals surface area contributed by atoms with Crippen molar-refractivity contribution >= 4 is 11.0 Å². The predicted molar refractivity (Wildman–Crippen MR) is 76.5 cm³/mol. The number of benzene rings is 1. The second-order valence-corrected chi connectivity index (χ2v) is 4.91. The van der Waals surface area contributed by atoms with Crippen molar-refractivity contribution in [3.05, 3.63) is 18.0 Å². The Bertz CT molecular complexity index is 537. The van der Waals surface area contributed by atoms with E-state index in [-0.39, 0.29) is 0 Å². The molecule has 0 unspecified atom stereocenters. The summed E-state index contributed by atoms with van der Waals surface area (Å²) in [5.74, 6) is 2.53. The summed E-state index contributed by atoms with van der Waals surface area (Å²) in [5, 5.41) is 0. The summed E-state index contributed by atoms with van der Waals surface area (Å²) in [5.41, 5.74) is 1.90. The van der Waals surface area contributed by atoms with E-state index in [1.165, 1.54) is 0 Å². The van der Waals surface area contributed by atoms with E-state index in [2.05, 4.69) is 16.9 Å². The van der Waals surface area contributed by atoms with Crippen LogP contribution in [-0.2, 0) is 11.2 Å². The van der Waals surface area contributed by atoms with Crippen LogP contribution < -0.4 is 9.47 Å². The normalized spacial score (nSPS) is 14.4. The van der Waals surface area contributed by atoms with Gasteiger partial charge in [0.15, 0.2) is 11.5 Å². The highest BCUT2D eigenvalue weighted by atomic mass is 16.5. The largest absolute Gasteiger partial charge is 0.489 e. The maximum atomic E-state index is 5.68. The van der Waals surface area contributed by atoms with Crippen LogP contribution in [0.15, 0.2) is 12.1 Å². The van der Waals surface area contributed by atoms with Crippen molar-refractivity contribution in [1.82, 2.24) is 9.97 Å². The van der Waals surface area contributed by atoms with Gasteiger partial charge in [0.25, 0.3) is 0 Å². The lowest BCUT2D eigenvalue weighted by Crippen LogP contribution is -2.00. The van der Waals surface area contributed by atoms with E-state index in [1.54, 1.807) is 0 Å². The first-order valence-corrected chi connectivity index (χ1v) is 7.23. The number of nitrogens with one attached hydrogen (secondary N) is 1. The van der Waals surface area contributed by atoms with Crippen LogP contribution in [0.5, 0.6) is 11.5 Å². The molecule has 0 saturated carbocycles. The Balaban J connectivity index is 1.77. The number of imidazole rings is 1. The molecule has 0 bridgehead atoms. The lowest BCUT2D eigenvalue weighted by molar-refractivity contribution is 0.137. The van der Waals surface area contributed by atoms with Crippen LogP contribution >= 0.6 is 0 Å². The summed E-state index contributed by atoms with van der Waals surface area (Å²) in [4.78, 5) is 7.89. The van der Waals surface area contributed by atoms with Gasteiger partial charge < -0.3 is 19.2 Å². The molecule has 1 N–H and O–H groups in total. The van der Waals surface area contributed by atoms with Gasteiger partial charge in [0.1, 0.15) is 5.82 Å². The molecule has 20 heavy (non-hydrogen) atoms. The quantitative estimate of drug-likeness (QED) is 0.853. The fraction of sp³-hybridized carbons (Fsp3) is 0.533. The second-order valence-electron chi connectivity index (χ2n) is 4.91. The molecule has 0 fully saturated rings. The summed E-state index contributed by atoms with van der Waals surface area (Å²) in [6.45, 7) is 5.00. The van der Waals surface area contributed by atoms with E-state index >= 15 is 0 Å². The summed E-state index contributed by atoms with van der Waals surface area (Å²) >= 11 is 0. The molecular weight excluding hydrogens is 256 g/mol. The van der Waals surface area contributed by atoms with Gasteiger partial charge in [0, 0.05) is 31.6 Å². The predicted octanol–water partition coefficient (Wildman–Crippen LogP) is 2.69. The highest BCUT2D eigenvalue weighted by molar-refractivity contribution is 5.79. The van der Waals surface area contributed by atoms with Gasteiger partial charge in [-0.1, -0.05) is 6.92 Å². The van der Waals surface area contributed by atoms with Gasteiger partial charge in [-0.3, -0.25) is 0 Å². The molecule has 1 aromatic heterocycles. The minimum absolute atomic E-state index is 0.695. The van der Waals surface area contributed by atoms with E-state index in [9.17, 15) is 0 Å². The molecule has 0 atom stereocenters. The van der Waals surface area contributed by atoms with Gasteiger partial charge in [-0.25, -0.2) is 4.98 Å². The van der Waals surface area contributed by atoms with E-state index in [0.29, 0.717) is 19.8 Å². The third-order valence-electron chi connectivity index (χ3n) is 3.23. The monoisotopic (exact) mass is 276 g/mol. The summed E-state index contributed by atoms with van der Waals surface area (Å²) in [7, 11) is 0. The topological polar surface area (TPSA) is 56.4 Å². The van der Waals surface area contributed by atoms with Gasteiger partial charge >= 0.3 is 0 Å². The fourth-order valence-corrected chi connectivity index (χ4v) is 2.25. The van der Waals surface area contributed by atoms with Crippen molar-refractivity contribution in [1.29, 1.82) is 0 Å². The maximum Gasteiger partial charge on any atom is 0.163 e. The highest BCUT2D eigenvalue weighted by Crippen LogP contribution is 2.33. The molecule has 1 aliphatic heterocycles. The van der Waals surface area contributed by atoms with E-state index in [0.717, 1.165) is 54.2 Å². The molecule has 0 spiro atoms. The Kier molecular flexibility index (Phi) is 4.06. The molecule has 3 rings (SSSR count). The fourth-order valence-electron chi connectivity index (χ4n) is 2.25. The molecule has 2 aromatic rings. The first kappa shape index (κ1) is 13.2. The number of H-pyrrole nitrogens is 1. The second kappa shape index (κ2) is 6.13. The van der Waals surface area contributed by atoms with Crippen LogP contribution in [0.4, 0.5) is 0 Å². The number of hydrogen-bond donors (Lipinski definition) is 1. The third-order valence-corrected chi connectivity index (χ3v) is 3.23. The van der Waals surface area contributed by atoms with E-state index in [1.807, 2.05) is 12.1 Å². The smallest absolute Gasteiger partial charge is 0.163 e. The number of nitrogens with zero attached hydrogens (tertiary/aromatic N) is 1. The maximum absolute atomic E-state index is 5.68. The Morgan fingerprint density at radius 2 is 2.00 bits per heavy atom. The summed E-state index contributed by atoms with van der Waals surface area (Å²) in [6, 6.07) is 3.92. The van der Waals surface area contributed by atoms with Gasteiger partial charge in [-0.05, 0) is 6.42 Å². The van der Waals surface area contributed by atoms with Crippen molar-refractivity contribution in [2.45, 2.75) is 26.2 Å². The number of aromatic nitrogens is 2. The summed E-state index contributed by atoms with van der Waals surface area (Å²) in [6.07, 6.45) is 2.75. The number of ether oxygens (including phenoxy) is 3. The van der Waals surface area contributed by atoms with Crippen LogP contribution in [0.2, 0.25) is 0 Å². The van der Waals surface area contributed by atoms with Crippen molar-refractivity contribution in [3.8, 4) is 11.5 Å². The average molecular weight is 276 g/mol. The molecule has 5 heteroatoms. The van der Waals surface area contributed by atoms with Crippen molar-refractivity contribution in [2.24, 2.45) is 0 Å². The van der Waals surface area contributed by atoms with Crippen LogP contribution in [-0.4, -0.2) is 36.4 Å². The Hall–Kier alpha value is -1.75. The standard InChI is InChI=1S/C15H20N2O3/c1-2-5-18-8-4-15-16-11-9-13-14(10-12(11)17-15)20-7-3-6-19-13/h9-10H,2-8H2,1H3,(H,16,17). The number of fused-ring (bicyclic) bond motifs is 2. The zero-order valence-corrected chi connectivity index (χ0v) is 11.8. The molecule has 0 aliphatic carbocycles. The molecule has 1 aromatic carbocycles. The number of rotatable bonds is 5. The van der Waals surface area contributed by atoms with Crippen LogP contribution in [0.1, 0.15) is 25.6 Å². The SMILES string of the molecule is CCCOCCc1nc2cc3c(cc2[nH]1)OCCCO3. The van der Waals surface area contributed by atoms with Gasteiger partial charge in [0.2, 0.25) is 0 Å². The first-order chi connectivity index (χ1) is 9.86. The molecule has 2 heterocycles. The highest BCUT2D eigenvalue weighted by Gasteiger charge is 2.13. The van der Waals surface area contributed by atoms with Crippen LogP contribution in [0.25, 0.3) is 11.0 Å². The molecule has 0 saturated heterocycles. The average Bonchev–Trinajstić information content (AvgIpc) is 2.70. The minimum Gasteiger partial charge on any atom is -0.489 e. The molecule has 1 aliphatic rings. The van der Waals surface area contributed by atoms with E-state index in [4.69, 9.17) is 14.2 Å². The van der Waals surface area contributed by atoms with Crippen LogP contribution in [0.3, 0.4) is 0 Å². The third kappa shape index (κ3) is 2.88. The van der Waals surface area contributed by atoms with Crippen molar-refractivity contribution in [3.63, 3.8) is 0 Å². The molecule has 108 valence electrons. The number of aromatic amines is 1. The number of hydrogen-bond acceptors (Lipinski definition) is 4. The Morgan fingerprint density at radius 3 is 2.80 bits per heavy atom. The van der Waals surface area contributed by atoms with Gasteiger partial charge in [-0.15, -0.1) is 0 Å². The lowest BCUT2D eigenvalue weighted by atomic mass is 10.3. The first-order valence-electron chi connectivity index (χ1n) is 7.23. The lowest BCUT2D eigenvalue weighted by Gasteiger charge is -2.05. The van der Waals surface area contributed by atoms with Gasteiger partial charge in [-0.2, -0.15) is 0 Å². The summed E-state index contributed by atoms with van der Waals surface area (Å²) < 4.78 is 16.8.